The fourth-order valence-electron chi connectivity index (χ4n) is 2.37. The van der Waals surface area contributed by atoms with E-state index >= 15 is 0 Å². The lowest BCUT2D eigenvalue weighted by Gasteiger charge is -2.15. The van der Waals surface area contributed by atoms with Gasteiger partial charge < -0.3 is 9.84 Å². The number of rotatable bonds is 4. The smallest absolute Gasteiger partial charge is 0.345 e. The third-order valence-electron chi connectivity index (χ3n) is 3.79. The van der Waals surface area contributed by atoms with Crippen LogP contribution < -0.4 is 0 Å². The van der Waals surface area contributed by atoms with Crippen molar-refractivity contribution in [1.29, 1.82) is 0 Å². The van der Waals surface area contributed by atoms with Crippen LogP contribution in [0.3, 0.4) is 0 Å². The second kappa shape index (κ2) is 5.60. The summed E-state index contributed by atoms with van der Waals surface area (Å²) in [5.74, 6) is -0.884. The van der Waals surface area contributed by atoms with E-state index in [1.165, 1.54) is 32.3 Å². The number of hydrogen-bond donors (Lipinski definition) is 1. The lowest BCUT2D eigenvalue weighted by molar-refractivity contribution is -0.171. The monoisotopic (exact) mass is 290 g/mol. The zero-order valence-corrected chi connectivity index (χ0v) is 13.0. The molecule has 0 aliphatic heterocycles. The van der Waals surface area contributed by atoms with Crippen molar-refractivity contribution in [3.8, 4) is 0 Å². The Balaban J connectivity index is 2.09. The van der Waals surface area contributed by atoms with E-state index in [1.54, 1.807) is 0 Å². The minimum absolute atomic E-state index is 0.0461. The van der Waals surface area contributed by atoms with E-state index in [-0.39, 0.29) is 6.42 Å². The quantitative estimate of drug-likeness (QED) is 0.684. The van der Waals surface area contributed by atoms with Gasteiger partial charge in [0.25, 0.3) is 0 Å². The van der Waals surface area contributed by atoms with Crippen molar-refractivity contribution in [3.63, 3.8) is 0 Å². The zero-order chi connectivity index (χ0) is 15.8. The Morgan fingerprint density at radius 3 is 2.19 bits per heavy atom. The van der Waals surface area contributed by atoms with Crippen LogP contribution in [0.1, 0.15) is 54.9 Å². The first-order valence-corrected chi connectivity index (χ1v) is 7.26. The van der Waals surface area contributed by atoms with Gasteiger partial charge in [-0.2, -0.15) is 0 Å². The van der Waals surface area contributed by atoms with E-state index in [1.807, 2.05) is 13.8 Å². The molecule has 0 aromatic heterocycles. The highest BCUT2D eigenvalue weighted by Gasteiger charge is 2.29. The van der Waals surface area contributed by atoms with Crippen LogP contribution in [0.2, 0.25) is 0 Å². The minimum Gasteiger partial charge on any atom is -0.391 e. The molecule has 0 radical (unpaired) electrons. The topological polar surface area (TPSA) is 63.6 Å². The molecule has 0 unspecified atom stereocenters. The molecular formula is C17H22O4. The highest BCUT2D eigenvalue weighted by molar-refractivity contribution is 5.90. The van der Waals surface area contributed by atoms with E-state index in [2.05, 4.69) is 12.1 Å². The second-order valence-electron chi connectivity index (χ2n) is 6.40. The highest BCUT2D eigenvalue weighted by atomic mass is 16.6. The van der Waals surface area contributed by atoms with Crippen LogP contribution in [-0.4, -0.2) is 22.6 Å². The number of aryl methyl sites for hydroxylation is 2. The van der Waals surface area contributed by atoms with Crippen molar-refractivity contribution < 1.29 is 19.4 Å². The molecule has 1 N–H and O–H groups in total. The molecule has 2 rings (SSSR count). The van der Waals surface area contributed by atoms with Crippen LogP contribution in [0.15, 0.2) is 12.1 Å². The van der Waals surface area contributed by atoms with Crippen LogP contribution in [0.5, 0.6) is 0 Å². The van der Waals surface area contributed by atoms with Crippen molar-refractivity contribution in [2.45, 2.75) is 58.5 Å². The fourth-order valence-corrected chi connectivity index (χ4v) is 2.37. The van der Waals surface area contributed by atoms with Crippen LogP contribution in [0, 0.1) is 13.8 Å². The predicted molar refractivity (Wildman–Crippen MR) is 79.0 cm³/mol. The molecular weight excluding hydrogens is 268 g/mol. The number of benzene rings is 1. The van der Waals surface area contributed by atoms with Gasteiger partial charge in [-0.1, -0.05) is 12.1 Å². The summed E-state index contributed by atoms with van der Waals surface area (Å²) in [6.07, 6.45) is 2.52. The number of carbonyl (C=O) groups is 2. The molecule has 1 aromatic rings. The van der Waals surface area contributed by atoms with E-state index in [9.17, 15) is 14.7 Å². The molecule has 0 spiro atoms. The Hall–Kier alpha value is -1.68. The Morgan fingerprint density at radius 1 is 1.24 bits per heavy atom. The van der Waals surface area contributed by atoms with Gasteiger partial charge in [0.2, 0.25) is 0 Å². The predicted octanol–water partition coefficient (Wildman–Crippen LogP) is 2.56. The standard InChI is InChI=1S/C17H22O4/c1-10-7-13(12-5-6-12)8-11(2)14(10)9-15(18)21-16(19)17(3,4)20/h7-8,12,20H,5-6,9H2,1-4H3. The molecule has 21 heavy (non-hydrogen) atoms. The van der Waals surface area contributed by atoms with E-state index in [0.717, 1.165) is 16.7 Å². The van der Waals surface area contributed by atoms with Crippen LogP contribution in [0.25, 0.3) is 0 Å². The zero-order valence-electron chi connectivity index (χ0n) is 13.0. The molecule has 1 fully saturated rings. The Kier molecular flexibility index (Phi) is 4.19. The van der Waals surface area contributed by atoms with Gasteiger partial charge in [0.1, 0.15) is 0 Å². The molecule has 0 bridgehead atoms. The van der Waals surface area contributed by atoms with Crippen molar-refractivity contribution in [2.24, 2.45) is 0 Å². The first-order chi connectivity index (χ1) is 9.68. The average Bonchev–Trinajstić information content (AvgIpc) is 3.16. The molecule has 1 aromatic carbocycles. The third-order valence-corrected chi connectivity index (χ3v) is 3.79. The van der Waals surface area contributed by atoms with E-state index in [0.29, 0.717) is 5.92 Å². The number of aliphatic hydroxyl groups is 1. The van der Waals surface area contributed by atoms with Gasteiger partial charge in [-0.25, -0.2) is 4.79 Å². The number of ether oxygens (including phenoxy) is 1. The molecule has 1 aliphatic carbocycles. The van der Waals surface area contributed by atoms with Gasteiger partial charge in [0.15, 0.2) is 5.60 Å². The summed E-state index contributed by atoms with van der Waals surface area (Å²) in [5.41, 5.74) is 2.66. The van der Waals surface area contributed by atoms with Crippen molar-refractivity contribution >= 4 is 11.9 Å². The SMILES string of the molecule is Cc1cc(C2CC2)cc(C)c1CC(=O)OC(=O)C(C)(C)O. The van der Waals surface area contributed by atoms with Crippen LogP contribution in [-0.2, 0) is 20.7 Å². The van der Waals surface area contributed by atoms with E-state index < -0.39 is 17.5 Å². The molecule has 0 heterocycles. The fraction of sp³-hybridized carbons (Fsp3) is 0.529. The molecule has 0 amide bonds. The lowest BCUT2D eigenvalue weighted by atomic mass is 9.95. The van der Waals surface area contributed by atoms with Crippen molar-refractivity contribution in [3.05, 3.63) is 34.4 Å². The maximum atomic E-state index is 11.9. The number of carbonyl (C=O) groups excluding carboxylic acids is 2. The van der Waals surface area contributed by atoms with Crippen LogP contribution in [0.4, 0.5) is 0 Å². The number of esters is 2. The average molecular weight is 290 g/mol. The maximum Gasteiger partial charge on any atom is 0.345 e. The van der Waals surface area contributed by atoms with Gasteiger partial charge in [-0.15, -0.1) is 0 Å². The summed E-state index contributed by atoms with van der Waals surface area (Å²) < 4.78 is 4.69. The summed E-state index contributed by atoms with van der Waals surface area (Å²) in [5, 5.41) is 9.49. The molecule has 0 saturated heterocycles. The second-order valence-corrected chi connectivity index (χ2v) is 6.40. The Morgan fingerprint density at radius 2 is 1.76 bits per heavy atom. The third kappa shape index (κ3) is 3.91. The first-order valence-electron chi connectivity index (χ1n) is 7.26. The van der Waals surface area contributed by atoms with Crippen LogP contribution >= 0.6 is 0 Å². The summed E-state index contributed by atoms with van der Waals surface area (Å²) in [6, 6.07) is 4.23. The summed E-state index contributed by atoms with van der Waals surface area (Å²) >= 11 is 0. The van der Waals surface area contributed by atoms with Gasteiger partial charge in [0.05, 0.1) is 6.42 Å². The summed E-state index contributed by atoms with van der Waals surface area (Å²) in [4.78, 5) is 23.3. The van der Waals surface area contributed by atoms with Gasteiger partial charge in [-0.3, -0.25) is 4.79 Å². The molecule has 4 nitrogen and oxygen atoms in total. The highest BCUT2D eigenvalue weighted by Crippen LogP contribution is 2.41. The summed E-state index contributed by atoms with van der Waals surface area (Å²) in [6.45, 7) is 6.53. The van der Waals surface area contributed by atoms with Crippen molar-refractivity contribution in [2.75, 3.05) is 0 Å². The van der Waals surface area contributed by atoms with Crippen molar-refractivity contribution in [1.82, 2.24) is 0 Å². The molecule has 4 heteroatoms. The molecule has 114 valence electrons. The lowest BCUT2D eigenvalue weighted by Crippen LogP contribution is -2.35. The maximum absolute atomic E-state index is 11.9. The largest absolute Gasteiger partial charge is 0.391 e. The first kappa shape index (κ1) is 15.7. The molecule has 1 saturated carbocycles. The van der Waals surface area contributed by atoms with Gasteiger partial charge in [-0.05, 0) is 68.7 Å². The minimum atomic E-state index is -1.66. The number of hydrogen-bond acceptors (Lipinski definition) is 4. The van der Waals surface area contributed by atoms with E-state index in [4.69, 9.17) is 4.74 Å². The summed E-state index contributed by atoms with van der Waals surface area (Å²) in [7, 11) is 0. The molecule has 0 atom stereocenters. The van der Waals surface area contributed by atoms with Gasteiger partial charge in [0, 0.05) is 0 Å². The van der Waals surface area contributed by atoms with Gasteiger partial charge >= 0.3 is 11.9 Å². The normalized spacial score (nSPS) is 14.9. The Labute approximate surface area is 125 Å². The molecule has 1 aliphatic rings. The Bertz CT molecular complexity index is 554.